The molecule has 0 spiro atoms. The van der Waals surface area contributed by atoms with Crippen molar-refractivity contribution in [2.24, 2.45) is 0 Å². The fourth-order valence-corrected chi connectivity index (χ4v) is 5.18. The molecule has 128 valence electrons. The Hall–Kier alpha value is -2.01. The Morgan fingerprint density at radius 3 is 2.71 bits per heavy atom. The van der Waals surface area contributed by atoms with Crippen molar-refractivity contribution >= 4 is 5.78 Å². The molecule has 5 nitrogen and oxygen atoms in total. The van der Waals surface area contributed by atoms with Crippen LogP contribution in [0.5, 0.6) is 11.5 Å². The van der Waals surface area contributed by atoms with Crippen LogP contribution in [-0.2, 0) is 21.4 Å². The zero-order chi connectivity index (χ0) is 17.1. The molecule has 2 atom stereocenters. The van der Waals surface area contributed by atoms with Crippen LogP contribution in [0.2, 0.25) is 0 Å². The van der Waals surface area contributed by atoms with Crippen molar-refractivity contribution in [3.8, 4) is 11.5 Å². The molecule has 1 saturated heterocycles. The van der Waals surface area contributed by atoms with Crippen molar-refractivity contribution in [1.82, 2.24) is 4.90 Å². The van der Waals surface area contributed by atoms with Crippen LogP contribution < -0.4 is 4.74 Å². The SMILES string of the molecule is COC1=C[C@]23CCc4cc(O)c(OC)cc4[C@]2(CCN3C)CC1=O. The van der Waals surface area contributed by atoms with Gasteiger partial charge >= 0.3 is 0 Å². The lowest BCUT2D eigenvalue weighted by Crippen LogP contribution is -2.59. The Balaban J connectivity index is 1.98. The molecule has 1 aliphatic heterocycles. The zero-order valence-corrected chi connectivity index (χ0v) is 14.4. The average molecular weight is 329 g/mol. The standard InChI is InChI=1S/C19H23NO4/c1-20-7-6-18-10-15(22)17(24-3)11-19(18,20)5-4-12-8-14(21)16(23-2)9-13(12)18/h8-9,11,21H,4-7,10H2,1-3H3/t18-,19+/m0/s1. The Morgan fingerprint density at radius 1 is 1.21 bits per heavy atom. The summed E-state index contributed by atoms with van der Waals surface area (Å²) in [7, 11) is 5.26. The topological polar surface area (TPSA) is 59.0 Å². The summed E-state index contributed by atoms with van der Waals surface area (Å²) in [4.78, 5) is 15.0. The van der Waals surface area contributed by atoms with E-state index in [2.05, 4.69) is 11.9 Å². The minimum atomic E-state index is -0.268. The van der Waals surface area contributed by atoms with Gasteiger partial charge in [0.2, 0.25) is 0 Å². The predicted molar refractivity (Wildman–Crippen MR) is 89.4 cm³/mol. The van der Waals surface area contributed by atoms with Gasteiger partial charge in [0.05, 0.1) is 19.8 Å². The molecular formula is C19H23NO4. The van der Waals surface area contributed by atoms with Gasteiger partial charge in [-0.05, 0) is 62.2 Å². The van der Waals surface area contributed by atoms with Gasteiger partial charge in [-0.25, -0.2) is 0 Å². The van der Waals surface area contributed by atoms with E-state index in [4.69, 9.17) is 9.47 Å². The maximum absolute atomic E-state index is 12.7. The molecular weight excluding hydrogens is 306 g/mol. The number of hydrogen-bond acceptors (Lipinski definition) is 5. The highest BCUT2D eigenvalue weighted by Gasteiger charge is 2.63. The molecule has 4 rings (SSSR count). The Kier molecular flexibility index (Phi) is 3.23. The third-order valence-electron chi connectivity index (χ3n) is 6.41. The van der Waals surface area contributed by atoms with Crippen LogP contribution in [0.1, 0.15) is 30.4 Å². The van der Waals surface area contributed by atoms with Crippen molar-refractivity contribution in [3.05, 3.63) is 35.1 Å². The summed E-state index contributed by atoms with van der Waals surface area (Å²) >= 11 is 0. The molecule has 0 radical (unpaired) electrons. The number of ketones is 1. The van der Waals surface area contributed by atoms with Gasteiger partial charge in [-0.15, -0.1) is 0 Å². The zero-order valence-electron chi connectivity index (χ0n) is 14.4. The maximum Gasteiger partial charge on any atom is 0.198 e. The highest BCUT2D eigenvalue weighted by atomic mass is 16.5. The first-order chi connectivity index (χ1) is 11.5. The first kappa shape index (κ1) is 15.5. The molecule has 5 heteroatoms. The van der Waals surface area contributed by atoms with E-state index < -0.39 is 0 Å². The van der Waals surface area contributed by atoms with E-state index in [1.165, 1.54) is 0 Å². The Labute approximate surface area is 141 Å². The van der Waals surface area contributed by atoms with Gasteiger partial charge in [-0.2, -0.15) is 0 Å². The lowest BCUT2D eigenvalue weighted by atomic mass is 9.54. The first-order valence-corrected chi connectivity index (χ1v) is 8.39. The van der Waals surface area contributed by atoms with Gasteiger partial charge in [0.25, 0.3) is 0 Å². The summed E-state index contributed by atoms with van der Waals surface area (Å²) in [6.45, 7) is 0.934. The number of nitrogens with zero attached hydrogens (tertiary/aromatic N) is 1. The molecule has 1 heterocycles. The average Bonchev–Trinajstić information content (AvgIpc) is 2.87. The second-order valence-corrected chi connectivity index (χ2v) is 7.17. The number of ether oxygens (including phenoxy) is 2. The minimum absolute atomic E-state index is 0.0586. The van der Waals surface area contributed by atoms with Crippen molar-refractivity contribution in [2.45, 2.75) is 36.6 Å². The molecule has 0 unspecified atom stereocenters. The summed E-state index contributed by atoms with van der Waals surface area (Å²) in [5.41, 5.74) is 1.80. The van der Waals surface area contributed by atoms with Crippen LogP contribution in [0, 0.1) is 0 Å². The van der Waals surface area contributed by atoms with Gasteiger partial charge in [0.1, 0.15) is 0 Å². The number of hydrogen-bond donors (Lipinski definition) is 1. The summed E-state index contributed by atoms with van der Waals surface area (Å²) < 4.78 is 10.7. The number of aromatic hydroxyl groups is 1. The van der Waals surface area contributed by atoms with Gasteiger partial charge in [0, 0.05) is 11.8 Å². The van der Waals surface area contributed by atoms with Crippen LogP contribution in [0.25, 0.3) is 0 Å². The van der Waals surface area contributed by atoms with Gasteiger partial charge in [0.15, 0.2) is 23.0 Å². The Morgan fingerprint density at radius 2 is 2.00 bits per heavy atom. The van der Waals surface area contributed by atoms with E-state index in [0.717, 1.165) is 36.9 Å². The molecule has 0 amide bonds. The molecule has 0 saturated carbocycles. The van der Waals surface area contributed by atoms with Crippen molar-refractivity contribution in [3.63, 3.8) is 0 Å². The van der Waals surface area contributed by atoms with Crippen molar-refractivity contribution in [1.29, 1.82) is 0 Å². The summed E-state index contributed by atoms with van der Waals surface area (Å²) in [6, 6.07) is 3.75. The summed E-state index contributed by atoms with van der Waals surface area (Å²) in [5, 5.41) is 10.1. The largest absolute Gasteiger partial charge is 0.504 e. The second-order valence-electron chi connectivity index (χ2n) is 7.17. The molecule has 1 aromatic carbocycles. The lowest BCUT2D eigenvalue weighted by molar-refractivity contribution is -0.122. The quantitative estimate of drug-likeness (QED) is 0.901. The molecule has 1 fully saturated rings. The normalized spacial score (nSPS) is 31.8. The minimum Gasteiger partial charge on any atom is -0.504 e. The number of fused-ring (bicyclic) bond motifs is 1. The number of benzene rings is 1. The van der Waals surface area contributed by atoms with E-state index in [-0.39, 0.29) is 22.5 Å². The number of likely N-dealkylation sites (tertiary alicyclic amines) is 1. The number of methoxy groups -OCH3 is 2. The van der Waals surface area contributed by atoms with Gasteiger partial charge in [-0.3, -0.25) is 9.69 Å². The van der Waals surface area contributed by atoms with Crippen LogP contribution in [0.15, 0.2) is 24.0 Å². The van der Waals surface area contributed by atoms with Crippen molar-refractivity contribution in [2.75, 3.05) is 27.8 Å². The first-order valence-electron chi connectivity index (χ1n) is 8.39. The maximum atomic E-state index is 12.7. The number of carbonyl (C=O) groups excluding carboxylic acids is 1. The molecule has 1 aromatic rings. The van der Waals surface area contributed by atoms with Crippen molar-refractivity contribution < 1.29 is 19.4 Å². The number of rotatable bonds is 2. The van der Waals surface area contributed by atoms with E-state index in [1.54, 1.807) is 14.2 Å². The summed E-state index contributed by atoms with van der Waals surface area (Å²) in [6.07, 6.45) is 5.19. The number of likely N-dealkylation sites (N-methyl/N-ethyl adjacent to an activating group) is 1. The van der Waals surface area contributed by atoms with Crippen LogP contribution in [-0.4, -0.2) is 49.1 Å². The number of allylic oxidation sites excluding steroid dienone is 1. The van der Waals surface area contributed by atoms with E-state index in [0.29, 0.717) is 17.9 Å². The monoisotopic (exact) mass is 329 g/mol. The van der Waals surface area contributed by atoms with Gasteiger partial charge in [-0.1, -0.05) is 0 Å². The van der Waals surface area contributed by atoms with Crippen LogP contribution >= 0.6 is 0 Å². The fourth-order valence-electron chi connectivity index (χ4n) is 5.18. The number of Topliss-reactive ketones (excluding diaryl/α,β-unsaturated/α-hetero) is 1. The highest BCUT2D eigenvalue weighted by Crippen LogP contribution is 2.59. The highest BCUT2D eigenvalue weighted by molar-refractivity contribution is 5.96. The molecule has 3 aliphatic rings. The Bertz CT molecular complexity index is 756. The number of carbonyl (C=O) groups is 1. The molecule has 2 aliphatic carbocycles. The van der Waals surface area contributed by atoms with E-state index >= 15 is 0 Å². The molecule has 24 heavy (non-hydrogen) atoms. The molecule has 0 aromatic heterocycles. The number of phenols is 1. The number of aryl methyl sites for hydroxylation is 1. The van der Waals surface area contributed by atoms with E-state index in [9.17, 15) is 9.90 Å². The third kappa shape index (κ3) is 1.71. The second kappa shape index (κ2) is 4.99. The lowest BCUT2D eigenvalue weighted by Gasteiger charge is -2.53. The number of phenolic OH excluding ortho intramolecular Hbond substituents is 1. The van der Waals surface area contributed by atoms with Crippen LogP contribution in [0.3, 0.4) is 0 Å². The van der Waals surface area contributed by atoms with E-state index in [1.807, 2.05) is 18.2 Å². The van der Waals surface area contributed by atoms with Gasteiger partial charge < -0.3 is 14.6 Å². The predicted octanol–water partition coefficient (Wildman–Crippen LogP) is 2.16. The fraction of sp³-hybridized carbons (Fsp3) is 0.526. The smallest absolute Gasteiger partial charge is 0.198 e. The molecule has 1 N–H and O–H groups in total. The summed E-state index contributed by atoms with van der Waals surface area (Å²) in [5.74, 6) is 1.18. The van der Waals surface area contributed by atoms with Crippen LogP contribution in [0.4, 0.5) is 0 Å². The molecule has 0 bridgehead atoms. The third-order valence-corrected chi connectivity index (χ3v) is 6.41.